The maximum Gasteiger partial charge on any atom is 0.410 e. The van der Waals surface area contributed by atoms with Crippen LogP contribution in [0.5, 0.6) is 0 Å². The third-order valence-electron chi connectivity index (χ3n) is 6.24. The van der Waals surface area contributed by atoms with E-state index in [1.165, 1.54) is 17.5 Å². The summed E-state index contributed by atoms with van der Waals surface area (Å²) in [6, 6.07) is 6.52. The predicted molar refractivity (Wildman–Crippen MR) is 101 cm³/mol. The molecule has 1 amide bonds. The highest BCUT2D eigenvalue weighted by Gasteiger charge is 2.50. The summed E-state index contributed by atoms with van der Waals surface area (Å²) in [6.07, 6.45) is 2.90. The first kappa shape index (κ1) is 18.0. The Hall–Kier alpha value is -2.37. The lowest BCUT2D eigenvalue weighted by Crippen LogP contribution is -2.60. The molecule has 6 heteroatoms. The second kappa shape index (κ2) is 6.08. The van der Waals surface area contributed by atoms with Crippen molar-refractivity contribution in [3.8, 4) is 11.5 Å². The quantitative estimate of drug-likeness (QED) is 0.754. The van der Waals surface area contributed by atoms with E-state index >= 15 is 0 Å². The van der Waals surface area contributed by atoms with E-state index in [1.807, 2.05) is 31.7 Å². The highest BCUT2D eigenvalue weighted by molar-refractivity contribution is 5.69. The molecule has 144 valence electrons. The van der Waals surface area contributed by atoms with Gasteiger partial charge >= 0.3 is 6.09 Å². The monoisotopic (exact) mass is 369 g/mol. The van der Waals surface area contributed by atoms with Crippen LogP contribution in [-0.2, 0) is 16.6 Å². The highest BCUT2D eigenvalue weighted by atomic mass is 16.6. The topological polar surface area (TPSA) is 68.5 Å². The van der Waals surface area contributed by atoms with E-state index in [4.69, 9.17) is 9.15 Å². The molecule has 4 rings (SSSR count). The van der Waals surface area contributed by atoms with Crippen molar-refractivity contribution in [2.45, 2.75) is 64.5 Å². The molecule has 27 heavy (non-hydrogen) atoms. The number of hydrogen-bond acceptors (Lipinski definition) is 5. The molecule has 2 bridgehead atoms. The van der Waals surface area contributed by atoms with Crippen LogP contribution in [0.4, 0.5) is 4.79 Å². The number of fused-ring (bicyclic) bond motifs is 4. The van der Waals surface area contributed by atoms with Crippen LogP contribution in [0.25, 0.3) is 11.5 Å². The van der Waals surface area contributed by atoms with Crippen molar-refractivity contribution < 1.29 is 13.9 Å². The van der Waals surface area contributed by atoms with Crippen molar-refractivity contribution in [1.82, 2.24) is 15.1 Å². The Morgan fingerprint density at radius 2 is 2.15 bits per heavy atom. The molecule has 1 aromatic heterocycles. The Bertz CT molecular complexity index is 856. The molecule has 1 aliphatic heterocycles. The first-order chi connectivity index (χ1) is 12.7. The molecule has 1 aliphatic carbocycles. The molecule has 2 aliphatic rings. The summed E-state index contributed by atoms with van der Waals surface area (Å²) in [5.41, 5.74) is 3.11. The van der Waals surface area contributed by atoms with E-state index in [0.717, 1.165) is 18.4 Å². The molecular weight excluding hydrogens is 342 g/mol. The van der Waals surface area contributed by atoms with E-state index in [-0.39, 0.29) is 17.6 Å². The summed E-state index contributed by atoms with van der Waals surface area (Å²) < 4.78 is 11.0. The fourth-order valence-electron chi connectivity index (χ4n) is 4.60. The molecule has 0 saturated carbocycles. The predicted octanol–water partition coefficient (Wildman–Crippen LogP) is 4.20. The average molecular weight is 369 g/mol. The zero-order valence-corrected chi connectivity index (χ0v) is 16.7. The fraction of sp³-hybridized carbons (Fsp3) is 0.571. The second-order valence-corrected chi connectivity index (χ2v) is 9.02. The van der Waals surface area contributed by atoms with E-state index in [9.17, 15) is 4.79 Å². The zero-order valence-electron chi connectivity index (χ0n) is 16.7. The van der Waals surface area contributed by atoms with Crippen LogP contribution in [0.2, 0.25) is 0 Å². The molecule has 1 aromatic carbocycles. The van der Waals surface area contributed by atoms with Crippen LogP contribution in [0.1, 0.15) is 52.2 Å². The Labute approximate surface area is 159 Å². The normalized spacial score (nSPS) is 27.2. The van der Waals surface area contributed by atoms with Crippen molar-refractivity contribution >= 4 is 6.09 Å². The number of piperidine rings is 1. The van der Waals surface area contributed by atoms with Gasteiger partial charge in [-0.2, -0.15) is 0 Å². The molecule has 0 spiro atoms. The maximum atomic E-state index is 12.8. The summed E-state index contributed by atoms with van der Waals surface area (Å²) in [5.74, 6) is 0.881. The maximum absolute atomic E-state index is 12.8. The number of ether oxygens (including phenoxy) is 1. The van der Waals surface area contributed by atoms with Gasteiger partial charge in [0.15, 0.2) is 0 Å². The van der Waals surface area contributed by atoms with Gasteiger partial charge in [0.1, 0.15) is 5.60 Å². The molecule has 0 N–H and O–H groups in total. The molecule has 1 fully saturated rings. The van der Waals surface area contributed by atoms with Gasteiger partial charge in [0.25, 0.3) is 0 Å². The first-order valence-corrected chi connectivity index (χ1v) is 9.58. The lowest BCUT2D eigenvalue weighted by Gasteiger charge is -2.54. The number of nitrogens with zero attached hydrogens (tertiary/aromatic N) is 3. The Balaban J connectivity index is 1.68. The number of amides is 1. The second-order valence-electron chi connectivity index (χ2n) is 9.02. The molecule has 6 nitrogen and oxygen atoms in total. The zero-order chi connectivity index (χ0) is 19.4. The third kappa shape index (κ3) is 3.01. The van der Waals surface area contributed by atoms with Crippen LogP contribution in [0, 0.1) is 5.92 Å². The van der Waals surface area contributed by atoms with Gasteiger partial charge in [0, 0.05) is 18.2 Å². The summed E-state index contributed by atoms with van der Waals surface area (Å²) in [4.78, 5) is 14.7. The lowest BCUT2D eigenvalue weighted by atomic mass is 9.59. The number of carbonyl (C=O) groups is 1. The van der Waals surface area contributed by atoms with Crippen LogP contribution < -0.4 is 0 Å². The van der Waals surface area contributed by atoms with Crippen molar-refractivity contribution in [2.75, 3.05) is 6.54 Å². The van der Waals surface area contributed by atoms with E-state index in [1.54, 1.807) is 0 Å². The van der Waals surface area contributed by atoms with Gasteiger partial charge in [-0.25, -0.2) is 4.79 Å². The van der Waals surface area contributed by atoms with Gasteiger partial charge in [-0.15, -0.1) is 10.2 Å². The largest absolute Gasteiger partial charge is 0.444 e. The van der Waals surface area contributed by atoms with Crippen LogP contribution in [0.15, 0.2) is 29.0 Å². The summed E-state index contributed by atoms with van der Waals surface area (Å²) >= 11 is 0. The minimum atomic E-state index is -0.480. The molecule has 2 aromatic rings. The minimum Gasteiger partial charge on any atom is -0.444 e. The number of benzene rings is 1. The van der Waals surface area contributed by atoms with E-state index < -0.39 is 5.60 Å². The lowest BCUT2D eigenvalue weighted by molar-refractivity contribution is -0.0164. The van der Waals surface area contributed by atoms with Gasteiger partial charge < -0.3 is 14.1 Å². The number of hydrogen-bond donors (Lipinski definition) is 0. The number of aromatic nitrogens is 2. The van der Waals surface area contributed by atoms with Gasteiger partial charge in [0.2, 0.25) is 12.3 Å². The van der Waals surface area contributed by atoms with Crippen molar-refractivity contribution in [1.29, 1.82) is 0 Å². The van der Waals surface area contributed by atoms with E-state index in [2.05, 4.69) is 36.2 Å². The summed E-state index contributed by atoms with van der Waals surface area (Å²) in [7, 11) is 0. The molecule has 3 atom stereocenters. The van der Waals surface area contributed by atoms with Gasteiger partial charge in [-0.05, 0) is 68.2 Å². The molecule has 2 heterocycles. The smallest absolute Gasteiger partial charge is 0.410 e. The molecule has 0 unspecified atom stereocenters. The Kier molecular flexibility index (Phi) is 4.05. The van der Waals surface area contributed by atoms with Crippen molar-refractivity contribution in [3.63, 3.8) is 0 Å². The standard InChI is InChI=1S/C21H27N3O3/c1-13-17-11-14-6-7-15(18-23-22-12-26-18)10-16(14)21(13,5)8-9-24(17)19(25)27-20(2,3)4/h6-7,10,12-13,17H,8-9,11H2,1-5H3/t13-,17-,21-/m1/s1. The van der Waals surface area contributed by atoms with Gasteiger partial charge in [0.05, 0.1) is 0 Å². The van der Waals surface area contributed by atoms with Crippen LogP contribution in [0.3, 0.4) is 0 Å². The molecular formula is C21H27N3O3. The Morgan fingerprint density at radius 3 is 2.81 bits per heavy atom. The van der Waals surface area contributed by atoms with Crippen LogP contribution >= 0.6 is 0 Å². The van der Waals surface area contributed by atoms with E-state index in [0.29, 0.717) is 18.4 Å². The Morgan fingerprint density at radius 1 is 1.37 bits per heavy atom. The van der Waals surface area contributed by atoms with Gasteiger partial charge in [-0.3, -0.25) is 0 Å². The average Bonchev–Trinajstić information content (AvgIpc) is 3.10. The number of carbonyl (C=O) groups excluding carboxylic acids is 1. The minimum absolute atomic E-state index is 0.00674. The van der Waals surface area contributed by atoms with Crippen molar-refractivity contribution in [3.05, 3.63) is 35.7 Å². The third-order valence-corrected chi connectivity index (χ3v) is 6.24. The molecule has 1 saturated heterocycles. The fourth-order valence-corrected chi connectivity index (χ4v) is 4.60. The van der Waals surface area contributed by atoms with Gasteiger partial charge in [-0.1, -0.05) is 19.9 Å². The first-order valence-electron chi connectivity index (χ1n) is 9.58. The summed E-state index contributed by atoms with van der Waals surface area (Å²) in [5, 5.41) is 7.83. The highest BCUT2D eigenvalue weighted by Crippen LogP contribution is 2.49. The van der Waals surface area contributed by atoms with Crippen LogP contribution in [-0.4, -0.2) is 39.4 Å². The number of likely N-dealkylation sites (tertiary alicyclic amines) is 1. The number of rotatable bonds is 1. The van der Waals surface area contributed by atoms with Crippen molar-refractivity contribution in [2.24, 2.45) is 5.92 Å². The molecule has 0 radical (unpaired) electrons. The SMILES string of the molecule is C[C@@H]1[C@H]2Cc3ccc(-c4nnco4)cc3[C@]1(C)CCN2C(=O)OC(C)(C)C. The summed E-state index contributed by atoms with van der Waals surface area (Å²) in [6.45, 7) is 11.0.